The summed E-state index contributed by atoms with van der Waals surface area (Å²) in [5.41, 5.74) is -2.60. The Kier molecular flexibility index (Phi) is 4.91. The molecule has 0 radical (unpaired) electrons. The third kappa shape index (κ3) is 2.75. The summed E-state index contributed by atoms with van der Waals surface area (Å²) in [5, 5.41) is 41.5. The molecule has 2 heterocycles. The van der Waals surface area contributed by atoms with Crippen molar-refractivity contribution in [1.82, 2.24) is 0 Å². The van der Waals surface area contributed by atoms with E-state index in [2.05, 4.69) is 0 Å². The Balaban J connectivity index is 2.00. The van der Waals surface area contributed by atoms with E-state index in [0.29, 0.717) is 0 Å². The Morgan fingerprint density at radius 3 is 1.22 bits per heavy atom. The second-order valence-corrected chi connectivity index (χ2v) is 7.64. The molecule has 5 aromatic rings. The second-order valence-electron chi connectivity index (χ2n) is 7.64. The van der Waals surface area contributed by atoms with E-state index in [-0.39, 0.29) is 44.9 Å². The lowest BCUT2D eigenvalue weighted by molar-refractivity contribution is 0.318. The molecule has 36 heavy (non-hydrogen) atoms. The molecule has 2 aromatic heterocycles. The number of aromatic hydroxyl groups is 4. The molecule has 0 spiro atoms. The lowest BCUT2D eigenvalue weighted by atomic mass is 10.1. The van der Waals surface area contributed by atoms with Gasteiger partial charge >= 0.3 is 0 Å². The molecule has 12 nitrogen and oxygen atoms in total. The molecule has 0 aliphatic heterocycles. The second kappa shape index (κ2) is 7.77. The molecule has 186 valence electrons. The van der Waals surface area contributed by atoms with E-state index in [1.807, 2.05) is 0 Å². The van der Waals surface area contributed by atoms with Crippen LogP contribution < -0.4 is 29.8 Å². The van der Waals surface area contributed by atoms with Crippen LogP contribution in [0.25, 0.3) is 43.9 Å². The highest BCUT2D eigenvalue weighted by Crippen LogP contribution is 2.51. The third-order valence-electron chi connectivity index (χ3n) is 5.90. The van der Waals surface area contributed by atoms with Crippen LogP contribution >= 0.6 is 0 Å². The van der Waals surface area contributed by atoms with E-state index in [1.54, 1.807) is 0 Å². The van der Waals surface area contributed by atoms with Gasteiger partial charge in [-0.05, 0) is 6.07 Å². The van der Waals surface area contributed by atoms with Crippen LogP contribution in [0.3, 0.4) is 0 Å². The molecule has 0 fully saturated rings. The van der Waals surface area contributed by atoms with Crippen molar-refractivity contribution >= 4 is 43.9 Å². The number of rotatable bonds is 4. The van der Waals surface area contributed by atoms with Crippen LogP contribution in [0.2, 0.25) is 0 Å². The van der Waals surface area contributed by atoms with Crippen LogP contribution in [-0.2, 0) is 0 Å². The summed E-state index contributed by atoms with van der Waals surface area (Å²) in [4.78, 5) is 26.7. The van der Waals surface area contributed by atoms with Crippen LogP contribution in [0.4, 0.5) is 0 Å². The van der Waals surface area contributed by atoms with Gasteiger partial charge in [0.2, 0.25) is 45.4 Å². The van der Waals surface area contributed by atoms with Crippen LogP contribution in [-0.4, -0.2) is 48.9 Å². The predicted octanol–water partition coefficient (Wildman–Crippen LogP) is 3.06. The minimum atomic E-state index is -0.791. The lowest BCUT2D eigenvalue weighted by Gasteiger charge is -2.14. The molecule has 0 saturated heterocycles. The third-order valence-corrected chi connectivity index (χ3v) is 5.90. The normalized spacial score (nSPS) is 11.4. The molecule has 0 atom stereocenters. The number of ether oxygens (including phenoxy) is 4. The van der Waals surface area contributed by atoms with E-state index < -0.39 is 55.8 Å². The smallest absolute Gasteiger partial charge is 0.211 e. The quantitative estimate of drug-likeness (QED) is 0.210. The fourth-order valence-electron chi connectivity index (χ4n) is 4.27. The van der Waals surface area contributed by atoms with E-state index in [1.165, 1.54) is 34.5 Å². The van der Waals surface area contributed by atoms with Crippen molar-refractivity contribution in [2.75, 3.05) is 28.4 Å². The first-order chi connectivity index (χ1) is 17.2. The molecule has 3 aromatic carbocycles. The minimum absolute atomic E-state index is 0.117. The fourth-order valence-corrected chi connectivity index (χ4v) is 4.27. The van der Waals surface area contributed by atoms with E-state index >= 15 is 0 Å². The van der Waals surface area contributed by atoms with Crippen LogP contribution in [0.1, 0.15) is 0 Å². The van der Waals surface area contributed by atoms with Gasteiger partial charge < -0.3 is 48.2 Å². The highest BCUT2D eigenvalue weighted by Gasteiger charge is 2.28. The molecule has 4 N–H and O–H groups in total. The number of hydrogen-bond acceptors (Lipinski definition) is 12. The van der Waals surface area contributed by atoms with Crippen molar-refractivity contribution in [2.45, 2.75) is 0 Å². The van der Waals surface area contributed by atoms with Crippen molar-refractivity contribution in [2.24, 2.45) is 0 Å². The number of benzene rings is 3. The molecule has 0 aliphatic carbocycles. The Morgan fingerprint density at radius 1 is 0.556 bits per heavy atom. The number of fused-ring (bicyclic) bond motifs is 4. The molecular weight excluding hydrogens is 480 g/mol. The van der Waals surface area contributed by atoms with Crippen LogP contribution in [0.5, 0.6) is 46.0 Å². The molecule has 0 unspecified atom stereocenters. The highest BCUT2D eigenvalue weighted by atomic mass is 16.5. The lowest BCUT2D eigenvalue weighted by Crippen LogP contribution is -2.08. The average Bonchev–Trinajstić information content (AvgIpc) is 2.86. The molecule has 12 heteroatoms. The zero-order valence-corrected chi connectivity index (χ0v) is 19.2. The van der Waals surface area contributed by atoms with Gasteiger partial charge in [0.15, 0.2) is 22.7 Å². The van der Waals surface area contributed by atoms with Gasteiger partial charge in [-0.3, -0.25) is 9.59 Å². The molecule has 0 amide bonds. The number of hydrogen-bond donors (Lipinski definition) is 4. The SMILES string of the molecule is COc1c(OC)c(O)c2c(=O)c3cc4c(=O)c5c(O)c(OC)c(OC)c(O)c5oc4cc3oc2c1O. The number of methoxy groups -OCH3 is 4. The van der Waals surface area contributed by atoms with Gasteiger partial charge in [-0.15, -0.1) is 0 Å². The van der Waals surface area contributed by atoms with Gasteiger partial charge in [-0.25, -0.2) is 0 Å². The van der Waals surface area contributed by atoms with Gasteiger partial charge in [0.1, 0.15) is 21.9 Å². The van der Waals surface area contributed by atoms with Gasteiger partial charge in [-0.1, -0.05) is 0 Å². The van der Waals surface area contributed by atoms with Gasteiger partial charge in [-0.2, -0.15) is 0 Å². The predicted molar refractivity (Wildman–Crippen MR) is 126 cm³/mol. The van der Waals surface area contributed by atoms with Crippen molar-refractivity contribution in [3.8, 4) is 46.0 Å². The molecule has 0 bridgehead atoms. The van der Waals surface area contributed by atoms with Crippen LogP contribution in [0, 0.1) is 0 Å². The Bertz CT molecular complexity index is 1730. The highest BCUT2D eigenvalue weighted by molar-refractivity contribution is 6.05. The number of phenols is 4. The summed E-state index contributed by atoms with van der Waals surface area (Å²) in [5.74, 6) is -3.56. The average molecular weight is 498 g/mol. The molecule has 0 saturated carbocycles. The van der Waals surface area contributed by atoms with E-state index in [0.717, 1.165) is 6.07 Å². The summed E-state index contributed by atoms with van der Waals surface area (Å²) in [6.07, 6.45) is 0. The maximum atomic E-state index is 13.4. The van der Waals surface area contributed by atoms with Gasteiger partial charge in [0, 0.05) is 6.07 Å². The maximum absolute atomic E-state index is 13.4. The zero-order valence-electron chi connectivity index (χ0n) is 19.2. The molecule has 0 aliphatic rings. The van der Waals surface area contributed by atoms with Crippen molar-refractivity contribution in [3.05, 3.63) is 32.6 Å². The largest absolute Gasteiger partial charge is 0.504 e. The summed E-state index contributed by atoms with van der Waals surface area (Å²) >= 11 is 0. The Morgan fingerprint density at radius 2 is 0.889 bits per heavy atom. The Labute approximate surface area is 199 Å². The van der Waals surface area contributed by atoms with Crippen LogP contribution in [0.15, 0.2) is 30.6 Å². The Hall–Kier alpha value is -5.00. The monoisotopic (exact) mass is 498 g/mol. The van der Waals surface area contributed by atoms with Gasteiger partial charge in [0.25, 0.3) is 0 Å². The topological polar surface area (TPSA) is 178 Å². The summed E-state index contributed by atoms with van der Waals surface area (Å²) in [6, 6.07) is 2.36. The standard InChI is InChI=1S/C24H18O12/c1-31-21-15(27)11-13(25)7-5-8-10(6-9(7)35-19(11)17(29)23(21)33-3)36-20-12(14(8)26)16(28)22(32-2)24(34-4)18(20)30/h5-6,27-30H,1-4H3. The van der Waals surface area contributed by atoms with Crippen molar-refractivity contribution in [3.63, 3.8) is 0 Å². The van der Waals surface area contributed by atoms with Crippen molar-refractivity contribution < 1.29 is 48.2 Å². The minimum Gasteiger partial charge on any atom is -0.504 e. The first-order valence-electron chi connectivity index (χ1n) is 10.2. The van der Waals surface area contributed by atoms with E-state index in [4.69, 9.17) is 27.8 Å². The maximum Gasteiger partial charge on any atom is 0.211 e. The van der Waals surface area contributed by atoms with Gasteiger partial charge in [0.05, 0.1) is 39.2 Å². The number of phenolic OH excluding ortho intramolecular Hbond substituents is 4. The summed E-state index contributed by atoms with van der Waals surface area (Å²) in [6.45, 7) is 0. The van der Waals surface area contributed by atoms with E-state index in [9.17, 15) is 30.0 Å². The van der Waals surface area contributed by atoms with Crippen molar-refractivity contribution in [1.29, 1.82) is 0 Å². The molecule has 5 rings (SSSR count). The zero-order chi connectivity index (χ0) is 26.0. The first-order valence-corrected chi connectivity index (χ1v) is 10.2. The summed E-state index contributed by atoms with van der Waals surface area (Å²) < 4.78 is 31.7. The fraction of sp³-hybridized carbons (Fsp3) is 0.167. The first kappa shape index (κ1) is 22.8. The molecular formula is C24H18O12. The summed E-state index contributed by atoms with van der Waals surface area (Å²) in [7, 11) is 4.86.